The lowest BCUT2D eigenvalue weighted by atomic mass is 10.1. The van der Waals surface area contributed by atoms with Gasteiger partial charge in [-0.05, 0) is 29.8 Å². The summed E-state index contributed by atoms with van der Waals surface area (Å²) in [7, 11) is -4.65. The molecule has 0 fully saturated rings. The lowest BCUT2D eigenvalue weighted by Crippen LogP contribution is -2.38. The number of halogens is 4. The van der Waals surface area contributed by atoms with E-state index in [4.69, 9.17) is 6.57 Å². The SMILES string of the molecule is [C-]#[N+]c1cccc(S(=O)(=O)NC(c2ccc(F)cc2)C(F)(F)F)n1. The molecule has 0 amide bonds. The maximum absolute atomic E-state index is 13.2. The van der Waals surface area contributed by atoms with E-state index in [0.717, 1.165) is 30.3 Å². The van der Waals surface area contributed by atoms with Crippen molar-refractivity contribution in [3.05, 3.63) is 65.3 Å². The van der Waals surface area contributed by atoms with Crippen molar-refractivity contribution >= 4 is 15.8 Å². The van der Waals surface area contributed by atoms with E-state index in [1.165, 1.54) is 16.9 Å². The van der Waals surface area contributed by atoms with Gasteiger partial charge in [0.15, 0.2) is 0 Å². The molecule has 24 heavy (non-hydrogen) atoms. The molecule has 0 aliphatic carbocycles. The molecule has 5 nitrogen and oxygen atoms in total. The first kappa shape index (κ1) is 17.8. The molecule has 1 heterocycles. The molecule has 1 unspecified atom stereocenters. The standard InChI is InChI=1S/C14H9F4N3O2S/c1-19-11-3-2-4-12(20-11)24(22,23)21-13(14(16,17)18)9-5-7-10(15)8-6-9/h2-8,13,21H. The van der Waals surface area contributed by atoms with Crippen LogP contribution in [0.15, 0.2) is 47.5 Å². The Morgan fingerprint density at radius 3 is 2.29 bits per heavy atom. The molecule has 0 saturated heterocycles. The van der Waals surface area contributed by atoms with Crippen LogP contribution >= 0.6 is 0 Å². The molecular formula is C14H9F4N3O2S. The predicted molar refractivity (Wildman–Crippen MR) is 76.0 cm³/mol. The van der Waals surface area contributed by atoms with E-state index in [0.29, 0.717) is 0 Å². The highest BCUT2D eigenvalue weighted by Gasteiger charge is 2.44. The van der Waals surface area contributed by atoms with Crippen LogP contribution in [0.25, 0.3) is 4.85 Å². The van der Waals surface area contributed by atoms with Gasteiger partial charge in [0.25, 0.3) is 20.9 Å². The second-order valence-electron chi connectivity index (χ2n) is 4.59. The average Bonchev–Trinajstić information content (AvgIpc) is 2.53. The van der Waals surface area contributed by atoms with Crippen molar-refractivity contribution in [2.24, 2.45) is 0 Å². The molecule has 126 valence electrons. The van der Waals surface area contributed by atoms with Crippen LogP contribution in [0.3, 0.4) is 0 Å². The number of nitrogens with one attached hydrogen (secondary N) is 1. The third-order valence-electron chi connectivity index (χ3n) is 2.90. The molecule has 1 aromatic heterocycles. The van der Waals surface area contributed by atoms with Gasteiger partial charge >= 0.3 is 6.18 Å². The molecule has 1 atom stereocenters. The molecule has 0 radical (unpaired) electrons. The van der Waals surface area contributed by atoms with E-state index in [1.807, 2.05) is 0 Å². The second-order valence-corrected chi connectivity index (χ2v) is 6.25. The van der Waals surface area contributed by atoms with Crippen LogP contribution in [-0.4, -0.2) is 19.6 Å². The van der Waals surface area contributed by atoms with Gasteiger partial charge in [-0.1, -0.05) is 24.8 Å². The molecule has 0 saturated carbocycles. The van der Waals surface area contributed by atoms with Crippen LogP contribution in [0, 0.1) is 12.4 Å². The summed E-state index contributed by atoms with van der Waals surface area (Å²) >= 11 is 0. The van der Waals surface area contributed by atoms with Crippen molar-refractivity contribution in [3.63, 3.8) is 0 Å². The van der Waals surface area contributed by atoms with Crippen LogP contribution in [0.4, 0.5) is 23.4 Å². The van der Waals surface area contributed by atoms with E-state index in [2.05, 4.69) is 9.83 Å². The number of hydrogen-bond acceptors (Lipinski definition) is 3. The minimum atomic E-state index is -4.96. The number of benzene rings is 1. The summed E-state index contributed by atoms with van der Waals surface area (Å²) < 4.78 is 78.3. The van der Waals surface area contributed by atoms with Crippen molar-refractivity contribution in [1.82, 2.24) is 9.71 Å². The Morgan fingerprint density at radius 2 is 1.75 bits per heavy atom. The molecule has 0 spiro atoms. The molecule has 1 N–H and O–H groups in total. The number of rotatable bonds is 4. The third kappa shape index (κ3) is 4.06. The summed E-state index contributed by atoms with van der Waals surface area (Å²) in [6.07, 6.45) is -4.96. The van der Waals surface area contributed by atoms with E-state index >= 15 is 0 Å². The quantitative estimate of drug-likeness (QED) is 0.673. The summed E-state index contributed by atoms with van der Waals surface area (Å²) in [6, 6.07) is 4.04. The van der Waals surface area contributed by atoms with Crippen LogP contribution in [-0.2, 0) is 10.0 Å². The molecule has 0 bridgehead atoms. The van der Waals surface area contributed by atoms with E-state index in [1.54, 1.807) is 0 Å². The molecule has 0 aliphatic heterocycles. The zero-order valence-corrected chi connectivity index (χ0v) is 12.6. The van der Waals surface area contributed by atoms with Gasteiger partial charge < -0.3 is 4.85 Å². The monoisotopic (exact) mass is 359 g/mol. The second kappa shape index (κ2) is 6.54. The van der Waals surface area contributed by atoms with Gasteiger partial charge in [-0.15, -0.1) is 4.98 Å². The Kier molecular flexibility index (Phi) is 4.86. The Hall–Kier alpha value is -2.51. The fraction of sp³-hybridized carbons (Fsp3) is 0.143. The van der Waals surface area contributed by atoms with Crippen molar-refractivity contribution in [2.75, 3.05) is 0 Å². The summed E-state index contributed by atoms with van der Waals surface area (Å²) in [4.78, 5) is 6.40. The highest BCUT2D eigenvalue weighted by atomic mass is 32.2. The average molecular weight is 359 g/mol. The van der Waals surface area contributed by atoms with E-state index in [-0.39, 0.29) is 5.82 Å². The molecule has 0 aliphatic rings. The summed E-state index contributed by atoms with van der Waals surface area (Å²) in [6.45, 7) is 6.77. The number of sulfonamides is 1. The maximum atomic E-state index is 13.2. The van der Waals surface area contributed by atoms with Gasteiger partial charge in [-0.3, -0.25) is 0 Å². The number of nitrogens with zero attached hydrogens (tertiary/aromatic N) is 2. The largest absolute Gasteiger partial charge is 0.408 e. The van der Waals surface area contributed by atoms with Gasteiger partial charge in [0.1, 0.15) is 11.9 Å². The Labute approximate surface area is 134 Å². The topological polar surface area (TPSA) is 63.4 Å². The first-order valence-corrected chi connectivity index (χ1v) is 7.81. The fourth-order valence-electron chi connectivity index (χ4n) is 1.81. The molecule has 2 rings (SSSR count). The molecule has 2 aromatic rings. The first-order chi connectivity index (χ1) is 11.1. The van der Waals surface area contributed by atoms with E-state index in [9.17, 15) is 26.0 Å². The number of pyridine rings is 1. The first-order valence-electron chi connectivity index (χ1n) is 6.32. The van der Waals surface area contributed by atoms with Crippen molar-refractivity contribution in [2.45, 2.75) is 17.2 Å². The Morgan fingerprint density at radius 1 is 1.12 bits per heavy atom. The molecule has 1 aromatic carbocycles. The van der Waals surface area contributed by atoms with Gasteiger partial charge in [-0.2, -0.15) is 17.9 Å². The number of hydrogen-bond donors (Lipinski definition) is 1. The molecular weight excluding hydrogens is 350 g/mol. The van der Waals surface area contributed by atoms with Crippen molar-refractivity contribution < 1.29 is 26.0 Å². The normalized spacial score (nSPS) is 13.3. The van der Waals surface area contributed by atoms with Crippen LogP contribution in [0.5, 0.6) is 0 Å². The maximum Gasteiger partial charge on any atom is 0.408 e. The summed E-state index contributed by atoms with van der Waals surface area (Å²) in [5.41, 5.74) is -0.478. The molecule has 10 heteroatoms. The Balaban J connectivity index is 2.42. The zero-order chi connectivity index (χ0) is 18.0. The van der Waals surface area contributed by atoms with Crippen LogP contribution in [0.2, 0.25) is 0 Å². The lowest BCUT2D eigenvalue weighted by Gasteiger charge is -2.21. The summed E-state index contributed by atoms with van der Waals surface area (Å²) in [5.74, 6) is -1.03. The minimum Gasteiger partial charge on any atom is -0.361 e. The van der Waals surface area contributed by atoms with Crippen LogP contribution in [0.1, 0.15) is 11.6 Å². The predicted octanol–water partition coefficient (Wildman–Crippen LogP) is 3.35. The zero-order valence-electron chi connectivity index (χ0n) is 11.7. The third-order valence-corrected chi connectivity index (χ3v) is 4.23. The smallest absolute Gasteiger partial charge is 0.361 e. The Bertz CT molecular complexity index is 874. The minimum absolute atomic E-state index is 0.275. The highest BCUT2D eigenvalue weighted by molar-refractivity contribution is 7.89. The number of aromatic nitrogens is 1. The van der Waals surface area contributed by atoms with Crippen molar-refractivity contribution in [3.8, 4) is 0 Å². The lowest BCUT2D eigenvalue weighted by molar-refractivity contribution is -0.153. The van der Waals surface area contributed by atoms with Crippen LogP contribution < -0.4 is 4.72 Å². The van der Waals surface area contributed by atoms with Gasteiger partial charge in [0.05, 0.1) is 0 Å². The van der Waals surface area contributed by atoms with Gasteiger partial charge in [-0.25, -0.2) is 12.8 Å². The number of alkyl halides is 3. The van der Waals surface area contributed by atoms with Crippen molar-refractivity contribution in [1.29, 1.82) is 0 Å². The van der Waals surface area contributed by atoms with Gasteiger partial charge in [0, 0.05) is 0 Å². The highest BCUT2D eigenvalue weighted by Crippen LogP contribution is 2.34. The fourth-order valence-corrected chi connectivity index (χ4v) is 2.98. The van der Waals surface area contributed by atoms with E-state index < -0.39 is 38.6 Å². The van der Waals surface area contributed by atoms with Gasteiger partial charge in [0.2, 0.25) is 0 Å². The summed E-state index contributed by atoms with van der Waals surface area (Å²) in [5, 5.41) is -0.715.